The summed E-state index contributed by atoms with van der Waals surface area (Å²) < 4.78 is 6.81. The van der Waals surface area contributed by atoms with Crippen molar-refractivity contribution in [3.63, 3.8) is 0 Å². The van der Waals surface area contributed by atoms with Crippen LogP contribution in [0, 0.1) is 6.92 Å². The number of rotatable bonds is 4. The molecule has 1 aromatic heterocycles. The molecule has 8 aromatic carbocycles. The molecule has 0 saturated heterocycles. The van der Waals surface area contributed by atoms with Crippen LogP contribution in [0.5, 0.6) is 0 Å². The van der Waals surface area contributed by atoms with Crippen LogP contribution in [-0.4, -0.2) is 6.85 Å². The molecule has 0 aliphatic carbocycles. The average Bonchev–Trinajstić information content (AvgIpc) is 3.67. The van der Waals surface area contributed by atoms with Crippen LogP contribution in [0.1, 0.15) is 84.6 Å². The van der Waals surface area contributed by atoms with Gasteiger partial charge in [-0.25, -0.2) is 0 Å². The third-order valence-electron chi connectivity index (χ3n) is 14.1. The maximum Gasteiger partial charge on any atom is 0.333 e. The van der Waals surface area contributed by atoms with Gasteiger partial charge in [-0.1, -0.05) is 172 Å². The Balaban J connectivity index is 1.33. The lowest BCUT2D eigenvalue weighted by Crippen LogP contribution is -2.61. The highest BCUT2D eigenvalue weighted by Crippen LogP contribution is 2.53. The minimum Gasteiger partial charge on any atom is -0.456 e. The van der Waals surface area contributed by atoms with Crippen LogP contribution in [0.3, 0.4) is 0 Å². The Morgan fingerprint density at radius 1 is 0.446 bits per heavy atom. The fraction of sp³-hybridized carbons (Fsp3) is 0.213. The van der Waals surface area contributed by atoms with Crippen molar-refractivity contribution < 1.29 is 4.42 Å². The van der Waals surface area contributed by atoms with Crippen LogP contribution in [-0.2, 0) is 16.2 Å². The maximum absolute atomic E-state index is 6.81. The standard InChI is InChI=1S/C61H57BN2O/c1-38-18-14-15-21-45(38)40-34-49-46-30-26-43(61(8,9)10)37-52(46)64(44-28-24-41(25-29-44)59(2,3)4)62-50-31-33-55-56(47-22-16-17-23-54(47)65-55)58(50)63(53(35-40)57(49)62)51-32-27-42(60(5,6)7)36-48(51)39-19-12-11-13-20-39/h11-37H,1-10H3. The van der Waals surface area contributed by atoms with Gasteiger partial charge in [-0.05, 0) is 133 Å². The van der Waals surface area contributed by atoms with Gasteiger partial charge in [0.15, 0.2) is 0 Å². The summed E-state index contributed by atoms with van der Waals surface area (Å²) in [5.74, 6) is 0. The van der Waals surface area contributed by atoms with E-state index in [1.54, 1.807) is 0 Å². The van der Waals surface area contributed by atoms with E-state index < -0.39 is 0 Å². The van der Waals surface area contributed by atoms with E-state index in [0.29, 0.717) is 0 Å². The largest absolute Gasteiger partial charge is 0.456 e. The lowest BCUT2D eigenvalue weighted by atomic mass is 9.43. The quantitative estimate of drug-likeness (QED) is 0.165. The number of nitrogens with zero attached hydrogens (tertiary/aromatic N) is 2. The number of anilines is 5. The molecule has 65 heavy (non-hydrogen) atoms. The molecule has 0 saturated carbocycles. The van der Waals surface area contributed by atoms with Gasteiger partial charge in [0, 0.05) is 33.6 Å². The minimum atomic E-state index is -0.160. The first-order valence-corrected chi connectivity index (χ1v) is 23.3. The van der Waals surface area contributed by atoms with Gasteiger partial charge in [0.05, 0.1) is 16.8 Å². The molecule has 9 aromatic rings. The van der Waals surface area contributed by atoms with Crippen molar-refractivity contribution in [2.24, 2.45) is 0 Å². The van der Waals surface area contributed by atoms with E-state index in [1.165, 1.54) is 83.6 Å². The van der Waals surface area contributed by atoms with Crippen molar-refractivity contribution in [3.05, 3.63) is 186 Å². The van der Waals surface area contributed by atoms with Crippen molar-refractivity contribution >= 4 is 68.1 Å². The SMILES string of the molecule is Cc1ccccc1-c1cc2c3c(c1)N(c1ccc(C(C)(C)C)cc1-c1ccccc1)c1c(ccc4oc5ccccc5c14)B3N(c1ccc(C(C)(C)C)cc1)c1cc(C(C)(C)C)ccc1-2. The van der Waals surface area contributed by atoms with Crippen LogP contribution in [0.15, 0.2) is 168 Å². The third kappa shape index (κ3) is 6.63. The summed E-state index contributed by atoms with van der Waals surface area (Å²) >= 11 is 0. The van der Waals surface area contributed by atoms with Crippen molar-refractivity contribution in [2.45, 2.75) is 85.5 Å². The number of benzene rings is 8. The molecular formula is C61H57BN2O. The molecule has 2 aliphatic heterocycles. The molecule has 0 atom stereocenters. The van der Waals surface area contributed by atoms with E-state index in [0.717, 1.165) is 33.3 Å². The lowest BCUT2D eigenvalue weighted by Gasteiger charge is -2.47. The van der Waals surface area contributed by atoms with Crippen LogP contribution in [0.4, 0.5) is 28.4 Å². The summed E-state index contributed by atoms with van der Waals surface area (Å²) in [5.41, 5.74) is 22.6. The highest BCUT2D eigenvalue weighted by Gasteiger charge is 2.47. The lowest BCUT2D eigenvalue weighted by molar-refractivity contribution is 0.590. The molecule has 0 spiro atoms. The normalized spacial score (nSPS) is 13.6. The third-order valence-corrected chi connectivity index (χ3v) is 14.1. The molecule has 320 valence electrons. The first-order valence-electron chi connectivity index (χ1n) is 23.3. The number of aryl methyl sites for hydroxylation is 1. The monoisotopic (exact) mass is 844 g/mol. The van der Waals surface area contributed by atoms with E-state index in [9.17, 15) is 0 Å². The molecule has 2 aliphatic rings. The van der Waals surface area contributed by atoms with Gasteiger partial charge >= 0.3 is 6.85 Å². The minimum absolute atomic E-state index is 0.0222. The van der Waals surface area contributed by atoms with E-state index in [-0.39, 0.29) is 23.1 Å². The first kappa shape index (κ1) is 41.0. The van der Waals surface area contributed by atoms with Crippen LogP contribution >= 0.6 is 0 Å². The molecule has 0 fully saturated rings. The fourth-order valence-electron chi connectivity index (χ4n) is 10.5. The number of hydrogen-bond donors (Lipinski definition) is 0. The molecular weight excluding hydrogens is 787 g/mol. The number of fused-ring (bicyclic) bond motifs is 8. The second-order valence-corrected chi connectivity index (χ2v) is 21.5. The van der Waals surface area contributed by atoms with Crippen molar-refractivity contribution in [2.75, 3.05) is 9.71 Å². The molecule has 0 amide bonds. The first-order chi connectivity index (χ1) is 31.1. The Bertz CT molecular complexity index is 3340. The zero-order valence-corrected chi connectivity index (χ0v) is 39.5. The van der Waals surface area contributed by atoms with Gasteiger partial charge in [-0.15, -0.1) is 0 Å². The molecule has 0 bridgehead atoms. The Morgan fingerprint density at radius 2 is 1.09 bits per heavy atom. The van der Waals surface area contributed by atoms with E-state index in [4.69, 9.17) is 4.42 Å². The van der Waals surface area contributed by atoms with Crippen LogP contribution in [0.2, 0.25) is 0 Å². The predicted molar refractivity (Wildman–Crippen MR) is 279 cm³/mol. The van der Waals surface area contributed by atoms with Gasteiger partial charge in [0.2, 0.25) is 0 Å². The molecule has 0 radical (unpaired) electrons. The van der Waals surface area contributed by atoms with Crippen LogP contribution < -0.4 is 20.6 Å². The van der Waals surface area contributed by atoms with Gasteiger partial charge in [-0.2, -0.15) is 0 Å². The molecule has 0 N–H and O–H groups in total. The number of hydrogen-bond acceptors (Lipinski definition) is 3. The van der Waals surface area contributed by atoms with Gasteiger partial charge in [-0.3, -0.25) is 0 Å². The predicted octanol–water partition coefficient (Wildman–Crippen LogP) is 15.8. The molecule has 4 heteroatoms. The zero-order chi connectivity index (χ0) is 45.2. The summed E-state index contributed by atoms with van der Waals surface area (Å²) in [4.78, 5) is 5.27. The molecule has 3 nitrogen and oxygen atoms in total. The zero-order valence-electron chi connectivity index (χ0n) is 39.5. The summed E-state index contributed by atoms with van der Waals surface area (Å²) in [6.07, 6.45) is 0. The van der Waals surface area contributed by atoms with Crippen LogP contribution in [0.25, 0.3) is 55.3 Å². The van der Waals surface area contributed by atoms with Crippen molar-refractivity contribution in [1.29, 1.82) is 0 Å². The van der Waals surface area contributed by atoms with E-state index in [1.807, 2.05) is 0 Å². The Kier molecular flexibility index (Phi) is 9.22. The average molecular weight is 845 g/mol. The molecule has 0 unspecified atom stereocenters. The number of para-hydroxylation sites is 1. The summed E-state index contributed by atoms with van der Waals surface area (Å²) in [7, 11) is 0. The summed E-state index contributed by atoms with van der Waals surface area (Å²) in [5, 5.41) is 2.24. The Morgan fingerprint density at radius 3 is 1.82 bits per heavy atom. The highest BCUT2D eigenvalue weighted by molar-refractivity contribution is 6.94. The second kappa shape index (κ2) is 14.6. The van der Waals surface area contributed by atoms with Gasteiger partial charge in [0.25, 0.3) is 0 Å². The Hall–Kier alpha value is -6.78. The van der Waals surface area contributed by atoms with Gasteiger partial charge in [0.1, 0.15) is 11.2 Å². The van der Waals surface area contributed by atoms with E-state index in [2.05, 4.69) is 243 Å². The molecule has 11 rings (SSSR count). The van der Waals surface area contributed by atoms with Gasteiger partial charge < -0.3 is 14.1 Å². The van der Waals surface area contributed by atoms with Crippen molar-refractivity contribution in [1.82, 2.24) is 0 Å². The van der Waals surface area contributed by atoms with E-state index >= 15 is 0 Å². The number of furan rings is 1. The smallest absolute Gasteiger partial charge is 0.333 e. The summed E-state index contributed by atoms with van der Waals surface area (Å²) in [6.45, 7) is 22.9. The maximum atomic E-state index is 6.81. The Labute approximate surface area is 385 Å². The van der Waals surface area contributed by atoms with Crippen molar-refractivity contribution in [3.8, 4) is 33.4 Å². The topological polar surface area (TPSA) is 19.6 Å². The summed E-state index contributed by atoms with van der Waals surface area (Å²) in [6, 6.07) is 61.8. The highest BCUT2D eigenvalue weighted by atomic mass is 16.3. The molecule has 3 heterocycles. The second-order valence-electron chi connectivity index (χ2n) is 21.5. The fourth-order valence-corrected chi connectivity index (χ4v) is 10.5.